The van der Waals surface area contributed by atoms with E-state index in [2.05, 4.69) is 25.3 Å². The van der Waals surface area contributed by atoms with E-state index in [4.69, 9.17) is 4.42 Å². The second kappa shape index (κ2) is 6.30. The third kappa shape index (κ3) is 2.94. The summed E-state index contributed by atoms with van der Waals surface area (Å²) in [6.45, 7) is 0. The molecule has 7 nitrogen and oxygen atoms in total. The Morgan fingerprint density at radius 2 is 2.08 bits per heavy atom. The van der Waals surface area contributed by atoms with Crippen LogP contribution in [0.2, 0.25) is 0 Å². The molecule has 0 bridgehead atoms. The van der Waals surface area contributed by atoms with Crippen molar-refractivity contribution in [1.82, 2.24) is 19.9 Å². The number of carbonyl (C=O) groups excluding carboxylic acids is 1. The summed E-state index contributed by atoms with van der Waals surface area (Å²) in [5.74, 6) is 0.340. The maximum Gasteiger partial charge on any atom is 0.276 e. The van der Waals surface area contributed by atoms with Gasteiger partial charge in [0.1, 0.15) is 22.1 Å². The summed E-state index contributed by atoms with van der Waals surface area (Å²) in [6, 6.07) is 3.60. The molecule has 0 saturated heterocycles. The monoisotopic (exact) mass is 355 g/mol. The number of anilines is 1. The van der Waals surface area contributed by atoms with Crippen molar-refractivity contribution in [3.63, 3.8) is 0 Å². The number of hydrogen-bond acceptors (Lipinski definition) is 8. The van der Waals surface area contributed by atoms with E-state index < -0.39 is 0 Å². The largest absolute Gasteiger partial charge is 0.463 e. The molecule has 1 N–H and O–H groups in total. The number of carbonyl (C=O) groups is 1. The minimum absolute atomic E-state index is 0.315. The highest BCUT2D eigenvalue weighted by atomic mass is 32.1. The topological polar surface area (TPSA) is 93.8 Å². The van der Waals surface area contributed by atoms with Gasteiger partial charge >= 0.3 is 0 Å². The molecule has 0 radical (unpaired) electrons. The van der Waals surface area contributed by atoms with Gasteiger partial charge in [0.2, 0.25) is 0 Å². The summed E-state index contributed by atoms with van der Waals surface area (Å²) < 4.78 is 5.28. The number of amides is 1. The van der Waals surface area contributed by atoms with Crippen LogP contribution in [-0.4, -0.2) is 25.8 Å². The van der Waals surface area contributed by atoms with Gasteiger partial charge in [-0.2, -0.15) is 0 Å². The van der Waals surface area contributed by atoms with Gasteiger partial charge in [-0.05, 0) is 12.1 Å². The van der Waals surface area contributed by atoms with Crippen LogP contribution in [0, 0.1) is 0 Å². The summed E-state index contributed by atoms with van der Waals surface area (Å²) in [6.07, 6.45) is 6.36. The van der Waals surface area contributed by atoms with Crippen molar-refractivity contribution in [2.45, 2.75) is 0 Å². The fraction of sp³-hybridized carbons (Fsp3) is 0. The van der Waals surface area contributed by atoms with Crippen molar-refractivity contribution in [3.05, 3.63) is 53.4 Å². The van der Waals surface area contributed by atoms with E-state index in [1.54, 1.807) is 36.3 Å². The second-order valence-electron chi connectivity index (χ2n) is 4.60. The average Bonchev–Trinajstić information content (AvgIpc) is 3.36. The van der Waals surface area contributed by atoms with Gasteiger partial charge < -0.3 is 4.42 Å². The van der Waals surface area contributed by atoms with Gasteiger partial charge in [-0.15, -0.1) is 22.7 Å². The Balaban J connectivity index is 1.50. The normalized spacial score (nSPS) is 10.7. The average molecular weight is 355 g/mol. The van der Waals surface area contributed by atoms with Gasteiger partial charge in [-0.1, -0.05) is 0 Å². The molecule has 0 aromatic carbocycles. The number of thiazole rings is 2. The van der Waals surface area contributed by atoms with Crippen molar-refractivity contribution in [2.24, 2.45) is 0 Å². The van der Waals surface area contributed by atoms with Crippen molar-refractivity contribution >= 4 is 33.7 Å². The summed E-state index contributed by atoms with van der Waals surface area (Å²) >= 11 is 2.66. The second-order valence-corrected chi connectivity index (χ2v) is 6.31. The third-order valence-corrected chi connectivity index (χ3v) is 4.64. The predicted octanol–water partition coefficient (Wildman–Crippen LogP) is 3.57. The molecular weight excluding hydrogens is 346 g/mol. The number of nitrogens with one attached hydrogen (secondary N) is 1. The number of nitrogens with zero attached hydrogens (tertiary/aromatic N) is 4. The highest BCUT2D eigenvalue weighted by Gasteiger charge is 2.15. The highest BCUT2D eigenvalue weighted by Crippen LogP contribution is 2.26. The minimum atomic E-state index is -0.318. The van der Waals surface area contributed by atoms with Gasteiger partial charge in [-0.3, -0.25) is 20.1 Å². The fourth-order valence-corrected chi connectivity index (χ4v) is 3.39. The molecule has 0 fully saturated rings. The molecule has 1 amide bonds. The molecule has 4 heterocycles. The number of hydrogen-bond donors (Lipinski definition) is 1. The van der Waals surface area contributed by atoms with Gasteiger partial charge in [0.15, 0.2) is 10.9 Å². The summed E-state index contributed by atoms with van der Waals surface area (Å²) in [4.78, 5) is 29.1. The van der Waals surface area contributed by atoms with Crippen LogP contribution in [0.25, 0.3) is 22.2 Å². The van der Waals surface area contributed by atoms with Crippen LogP contribution in [0.5, 0.6) is 0 Å². The molecule has 9 heteroatoms. The van der Waals surface area contributed by atoms with Crippen molar-refractivity contribution in [2.75, 3.05) is 5.32 Å². The molecule has 4 aromatic rings. The van der Waals surface area contributed by atoms with Gasteiger partial charge in [0.05, 0.1) is 12.5 Å². The van der Waals surface area contributed by atoms with Gasteiger partial charge in [-0.25, -0.2) is 9.97 Å². The predicted molar refractivity (Wildman–Crippen MR) is 90.9 cm³/mol. The van der Waals surface area contributed by atoms with Crippen molar-refractivity contribution < 1.29 is 9.21 Å². The van der Waals surface area contributed by atoms with Crippen LogP contribution in [0.4, 0.5) is 5.13 Å². The molecule has 0 aliphatic heterocycles. The molecule has 0 atom stereocenters. The number of aromatic nitrogens is 4. The van der Waals surface area contributed by atoms with Crippen LogP contribution in [-0.2, 0) is 0 Å². The zero-order valence-electron chi connectivity index (χ0n) is 12.0. The van der Waals surface area contributed by atoms with E-state index in [-0.39, 0.29) is 5.91 Å². The molecule has 118 valence electrons. The molecule has 24 heavy (non-hydrogen) atoms. The Kier molecular flexibility index (Phi) is 3.85. The van der Waals surface area contributed by atoms with Crippen LogP contribution in [0.1, 0.15) is 10.5 Å². The maximum atomic E-state index is 12.3. The van der Waals surface area contributed by atoms with Gasteiger partial charge in [0.25, 0.3) is 5.91 Å². The highest BCUT2D eigenvalue weighted by molar-refractivity contribution is 7.14. The Bertz CT molecular complexity index is 963. The van der Waals surface area contributed by atoms with E-state index in [1.807, 2.05) is 11.4 Å². The van der Waals surface area contributed by atoms with Crippen LogP contribution >= 0.6 is 22.7 Å². The lowest BCUT2D eigenvalue weighted by atomic mass is 10.4. The molecule has 4 aromatic heterocycles. The summed E-state index contributed by atoms with van der Waals surface area (Å²) in [5.41, 5.74) is 1.63. The zero-order chi connectivity index (χ0) is 16.4. The first-order valence-corrected chi connectivity index (χ1v) is 8.58. The SMILES string of the molecule is O=C(Nc1nc(-c2ccco2)cs1)c1csc(-c2cnccn2)n1. The summed E-state index contributed by atoms with van der Waals surface area (Å²) in [5, 5.41) is 7.37. The van der Waals surface area contributed by atoms with Crippen LogP contribution in [0.3, 0.4) is 0 Å². The quantitative estimate of drug-likeness (QED) is 0.601. The summed E-state index contributed by atoms with van der Waals surface area (Å²) in [7, 11) is 0. The molecule has 0 aliphatic rings. The first-order valence-electron chi connectivity index (χ1n) is 6.82. The van der Waals surface area contributed by atoms with E-state index in [1.165, 1.54) is 22.7 Å². The Morgan fingerprint density at radius 3 is 2.88 bits per heavy atom. The van der Waals surface area contributed by atoms with Gasteiger partial charge in [0, 0.05) is 23.2 Å². The fourth-order valence-electron chi connectivity index (χ4n) is 1.93. The van der Waals surface area contributed by atoms with E-state index in [0.717, 1.165) is 0 Å². The van der Waals surface area contributed by atoms with Crippen molar-refractivity contribution in [3.8, 4) is 22.2 Å². The van der Waals surface area contributed by atoms with E-state index >= 15 is 0 Å². The first kappa shape index (κ1) is 14.7. The Hall–Kier alpha value is -2.91. The Labute approximate surface area is 144 Å². The van der Waals surface area contributed by atoms with E-state index in [9.17, 15) is 4.79 Å². The lowest BCUT2D eigenvalue weighted by Gasteiger charge is -1.97. The number of rotatable bonds is 4. The van der Waals surface area contributed by atoms with E-state index in [0.29, 0.717) is 33.0 Å². The lowest BCUT2D eigenvalue weighted by molar-refractivity contribution is 0.102. The minimum Gasteiger partial charge on any atom is -0.463 e. The van der Waals surface area contributed by atoms with Crippen LogP contribution in [0.15, 0.2) is 52.2 Å². The Morgan fingerprint density at radius 1 is 1.12 bits per heavy atom. The first-order chi connectivity index (χ1) is 11.8. The number of furan rings is 1. The molecule has 0 saturated carbocycles. The smallest absolute Gasteiger partial charge is 0.276 e. The standard InChI is InChI=1S/C15H9N5O2S2/c21-13(11-8-23-14(18-11)9-6-16-3-4-17-9)20-15-19-10(7-24-15)12-2-1-5-22-12/h1-8H,(H,19,20,21). The molecule has 4 rings (SSSR count). The molecule has 0 spiro atoms. The maximum absolute atomic E-state index is 12.3. The molecular formula is C15H9N5O2S2. The third-order valence-electron chi connectivity index (χ3n) is 3.02. The zero-order valence-corrected chi connectivity index (χ0v) is 13.7. The lowest BCUT2D eigenvalue weighted by Crippen LogP contribution is -2.12. The van der Waals surface area contributed by atoms with Crippen LogP contribution < -0.4 is 5.32 Å². The molecule has 0 unspecified atom stereocenters. The van der Waals surface area contributed by atoms with Crippen molar-refractivity contribution in [1.29, 1.82) is 0 Å². The molecule has 0 aliphatic carbocycles.